The van der Waals surface area contributed by atoms with Crippen LogP contribution >= 0.6 is 0 Å². The summed E-state index contributed by atoms with van der Waals surface area (Å²) in [5.74, 6) is 0.350. The Bertz CT molecular complexity index is 200. The minimum absolute atomic E-state index is 0.350. The van der Waals surface area contributed by atoms with E-state index in [4.69, 9.17) is 11.5 Å². The van der Waals surface area contributed by atoms with Crippen LogP contribution in [0, 0.1) is 6.92 Å². The molecule has 0 aliphatic rings. The molecule has 0 aromatic carbocycles. The lowest BCUT2D eigenvalue weighted by molar-refractivity contribution is 1.12. The van der Waals surface area contributed by atoms with Crippen LogP contribution in [0.4, 0.5) is 11.5 Å². The quantitative estimate of drug-likeness (QED) is 0.508. The summed E-state index contributed by atoms with van der Waals surface area (Å²) >= 11 is 0. The van der Waals surface area contributed by atoms with Crippen molar-refractivity contribution in [3.63, 3.8) is 0 Å². The maximum Gasteiger partial charge on any atom is 0.150 e. The molecule has 1 rings (SSSR count). The number of anilines is 2. The van der Waals surface area contributed by atoms with E-state index < -0.39 is 0 Å². The van der Waals surface area contributed by atoms with Gasteiger partial charge in [0.2, 0.25) is 0 Å². The Hall–Kier alpha value is -1.32. The van der Waals surface area contributed by atoms with Crippen molar-refractivity contribution in [2.75, 3.05) is 11.5 Å². The Morgan fingerprint density at radius 1 is 1.33 bits per heavy atom. The van der Waals surface area contributed by atoms with Crippen molar-refractivity contribution >= 4 is 11.5 Å². The van der Waals surface area contributed by atoms with E-state index in [9.17, 15) is 0 Å². The molecule has 4 nitrogen and oxygen atoms in total. The molecule has 0 saturated carbocycles. The van der Waals surface area contributed by atoms with Crippen molar-refractivity contribution in [2.45, 2.75) is 6.92 Å². The highest BCUT2D eigenvalue weighted by Gasteiger charge is 1.96. The fourth-order valence-corrected chi connectivity index (χ4v) is 0.502. The maximum absolute atomic E-state index is 5.43. The van der Waals surface area contributed by atoms with Crippen molar-refractivity contribution < 1.29 is 0 Å². The second kappa shape index (κ2) is 1.89. The second-order valence-electron chi connectivity index (χ2n) is 1.76. The van der Waals surface area contributed by atoms with Gasteiger partial charge < -0.3 is 11.5 Å². The zero-order valence-corrected chi connectivity index (χ0v) is 5.13. The van der Waals surface area contributed by atoms with Crippen LogP contribution in [-0.4, -0.2) is 9.97 Å². The molecule has 0 radical (unpaired) electrons. The molecule has 1 aromatic rings. The predicted molar refractivity (Wildman–Crippen MR) is 35.6 cm³/mol. The van der Waals surface area contributed by atoms with E-state index in [1.807, 2.05) is 0 Å². The molecule has 0 amide bonds. The van der Waals surface area contributed by atoms with E-state index >= 15 is 0 Å². The van der Waals surface area contributed by atoms with Crippen LogP contribution in [0.15, 0.2) is 6.33 Å². The van der Waals surface area contributed by atoms with Crippen LogP contribution in [0.25, 0.3) is 0 Å². The summed E-state index contributed by atoms with van der Waals surface area (Å²) in [6.45, 7) is 1.79. The number of nitrogen functional groups attached to an aromatic ring is 2. The van der Waals surface area contributed by atoms with Gasteiger partial charge in [0, 0.05) is 0 Å². The van der Waals surface area contributed by atoms with Crippen molar-refractivity contribution in [1.82, 2.24) is 9.97 Å². The molecule has 0 fully saturated rings. The van der Waals surface area contributed by atoms with E-state index in [-0.39, 0.29) is 0 Å². The molecular weight excluding hydrogens is 116 g/mol. The fraction of sp³-hybridized carbons (Fsp3) is 0.200. The van der Waals surface area contributed by atoms with Gasteiger partial charge in [-0.3, -0.25) is 0 Å². The summed E-state index contributed by atoms with van der Waals surface area (Å²) in [5.41, 5.74) is 12.0. The molecule has 0 atom stereocenters. The lowest BCUT2D eigenvalue weighted by atomic mass is 10.4. The molecule has 0 unspecified atom stereocenters. The van der Waals surface area contributed by atoms with Crippen LogP contribution in [0.1, 0.15) is 5.69 Å². The lowest BCUT2D eigenvalue weighted by Gasteiger charge is -1.98. The first kappa shape index (κ1) is 5.81. The van der Waals surface area contributed by atoms with E-state index in [1.165, 1.54) is 6.33 Å². The van der Waals surface area contributed by atoms with Gasteiger partial charge in [-0.2, -0.15) is 0 Å². The molecule has 48 valence electrons. The predicted octanol–water partition coefficient (Wildman–Crippen LogP) is -0.0506. The summed E-state index contributed by atoms with van der Waals surface area (Å²) in [4.78, 5) is 7.50. The summed E-state index contributed by atoms with van der Waals surface area (Å²) in [6, 6.07) is 0. The first-order chi connectivity index (χ1) is 4.22. The highest BCUT2D eigenvalue weighted by Crippen LogP contribution is 2.11. The zero-order chi connectivity index (χ0) is 6.85. The third-order valence-electron chi connectivity index (χ3n) is 1.11. The van der Waals surface area contributed by atoms with Gasteiger partial charge >= 0.3 is 0 Å². The van der Waals surface area contributed by atoms with Gasteiger partial charge in [-0.05, 0) is 6.92 Å². The number of hydrogen-bond donors (Lipinski definition) is 2. The largest absolute Gasteiger partial charge is 0.394 e. The Kier molecular flexibility index (Phi) is 1.22. The molecule has 4 N–H and O–H groups in total. The number of rotatable bonds is 0. The van der Waals surface area contributed by atoms with Crippen LogP contribution in [0.2, 0.25) is 0 Å². The normalized spacial score (nSPS) is 9.44. The summed E-state index contributed by atoms with van der Waals surface area (Å²) in [5, 5.41) is 0. The Labute approximate surface area is 52.9 Å². The van der Waals surface area contributed by atoms with E-state index in [2.05, 4.69) is 9.97 Å². The van der Waals surface area contributed by atoms with E-state index in [1.54, 1.807) is 6.92 Å². The van der Waals surface area contributed by atoms with Crippen LogP contribution in [0.3, 0.4) is 0 Å². The summed E-state index contributed by atoms with van der Waals surface area (Å²) in [6.07, 6.45) is 1.39. The highest BCUT2D eigenvalue weighted by molar-refractivity contribution is 5.59. The number of aromatic nitrogens is 2. The minimum Gasteiger partial charge on any atom is -0.394 e. The van der Waals surface area contributed by atoms with Crippen molar-refractivity contribution in [1.29, 1.82) is 0 Å². The van der Waals surface area contributed by atoms with Gasteiger partial charge in [0.25, 0.3) is 0 Å². The molecular formula is C5H8N4. The number of nitrogens with zero attached hydrogens (tertiary/aromatic N) is 2. The smallest absolute Gasteiger partial charge is 0.150 e. The summed E-state index contributed by atoms with van der Waals surface area (Å²) in [7, 11) is 0. The monoisotopic (exact) mass is 124 g/mol. The number of hydrogen-bond acceptors (Lipinski definition) is 4. The minimum atomic E-state index is 0.350. The van der Waals surface area contributed by atoms with Gasteiger partial charge in [-0.15, -0.1) is 0 Å². The van der Waals surface area contributed by atoms with Crippen LogP contribution < -0.4 is 11.5 Å². The molecule has 1 aromatic heterocycles. The van der Waals surface area contributed by atoms with Crippen molar-refractivity contribution in [2.24, 2.45) is 0 Å². The molecule has 0 saturated heterocycles. The molecule has 0 aliphatic heterocycles. The van der Waals surface area contributed by atoms with Gasteiger partial charge in [0.1, 0.15) is 12.1 Å². The standard InChI is InChI=1S/C5H8N4/c1-3-4(6)5(7)9-2-8-3/h2H,6H2,1H3,(H2,7,8,9). The Morgan fingerprint density at radius 2 is 2.00 bits per heavy atom. The SMILES string of the molecule is Cc1ncnc(N)c1N. The van der Waals surface area contributed by atoms with Gasteiger partial charge in [-0.1, -0.05) is 0 Å². The van der Waals surface area contributed by atoms with E-state index in [0.717, 1.165) is 5.69 Å². The average molecular weight is 124 g/mol. The van der Waals surface area contributed by atoms with Crippen molar-refractivity contribution in [3.8, 4) is 0 Å². The Morgan fingerprint density at radius 3 is 2.44 bits per heavy atom. The number of aryl methyl sites for hydroxylation is 1. The van der Waals surface area contributed by atoms with Crippen molar-refractivity contribution in [3.05, 3.63) is 12.0 Å². The molecule has 0 aliphatic carbocycles. The number of nitrogens with two attached hydrogens (primary N) is 2. The first-order valence-corrected chi connectivity index (χ1v) is 2.54. The third-order valence-corrected chi connectivity index (χ3v) is 1.11. The van der Waals surface area contributed by atoms with Gasteiger partial charge in [0.15, 0.2) is 0 Å². The average Bonchev–Trinajstić information content (AvgIpc) is 1.83. The molecule has 1 heterocycles. The molecule has 9 heavy (non-hydrogen) atoms. The molecule has 0 spiro atoms. The first-order valence-electron chi connectivity index (χ1n) is 2.54. The zero-order valence-electron chi connectivity index (χ0n) is 5.13. The van der Waals surface area contributed by atoms with Crippen LogP contribution in [-0.2, 0) is 0 Å². The second-order valence-corrected chi connectivity index (χ2v) is 1.76. The Balaban J connectivity index is 3.25. The van der Waals surface area contributed by atoms with Gasteiger partial charge in [0.05, 0.1) is 11.4 Å². The van der Waals surface area contributed by atoms with Gasteiger partial charge in [-0.25, -0.2) is 9.97 Å². The molecule has 0 bridgehead atoms. The van der Waals surface area contributed by atoms with E-state index in [0.29, 0.717) is 11.5 Å². The maximum atomic E-state index is 5.43. The topological polar surface area (TPSA) is 77.8 Å². The van der Waals surface area contributed by atoms with Crippen LogP contribution in [0.5, 0.6) is 0 Å². The molecule has 4 heteroatoms. The highest BCUT2D eigenvalue weighted by atomic mass is 14.9. The third kappa shape index (κ3) is 0.910. The summed E-state index contributed by atoms with van der Waals surface area (Å²) < 4.78 is 0. The lowest BCUT2D eigenvalue weighted by Crippen LogP contribution is -2.01. The fourth-order valence-electron chi connectivity index (χ4n) is 0.502.